The van der Waals surface area contributed by atoms with Crippen molar-refractivity contribution in [2.45, 2.75) is 0 Å². The molecule has 0 atom stereocenters. The van der Waals surface area contributed by atoms with Crippen molar-refractivity contribution in [3.8, 4) is 0 Å². The second-order valence-corrected chi connectivity index (χ2v) is 0. The number of hydrogen-bond donors (Lipinski definition) is 0. The molecule has 0 nitrogen and oxygen atoms in total. The number of hydrogen-bond acceptors (Lipinski definition) is 0. The van der Waals surface area contributed by atoms with Gasteiger partial charge in [0.15, 0.2) is 0 Å². The van der Waals surface area contributed by atoms with Crippen molar-refractivity contribution in [3.63, 3.8) is 0 Å². The second-order valence-electron chi connectivity index (χ2n) is 0. The van der Waals surface area contributed by atoms with Crippen molar-refractivity contribution >= 4 is 37.7 Å². The quantitative estimate of drug-likeness (QED) is 0.275. The van der Waals surface area contributed by atoms with Gasteiger partial charge in [-0.1, -0.05) is 0 Å². The number of halogens is 2. The SMILES string of the molecule is F.F.[Ca+2].[Li+]. The molecule has 0 bridgehead atoms. The first kappa shape index (κ1) is 43.1. The third kappa shape index (κ3) is 9.31. The van der Waals surface area contributed by atoms with E-state index < -0.39 is 0 Å². The van der Waals surface area contributed by atoms with Gasteiger partial charge in [0, 0.05) is 0 Å². The standard InChI is InChI=1S/Ca.2FH.Li/h;2*1H;/q+2;;;+1. The van der Waals surface area contributed by atoms with E-state index in [4.69, 9.17) is 0 Å². The molecule has 0 aliphatic carbocycles. The molecular weight excluding hydrogens is 85.0 g/mol. The van der Waals surface area contributed by atoms with Crippen molar-refractivity contribution in [1.82, 2.24) is 0 Å². The summed E-state index contributed by atoms with van der Waals surface area (Å²) < 4.78 is 0. The molecular formula is H2CaF2Li+3. The van der Waals surface area contributed by atoms with E-state index in [1.165, 1.54) is 0 Å². The Morgan fingerprint density at radius 1 is 0.750 bits per heavy atom. The minimum atomic E-state index is 0. The van der Waals surface area contributed by atoms with Gasteiger partial charge in [0.2, 0.25) is 0 Å². The van der Waals surface area contributed by atoms with Crippen molar-refractivity contribution in [2.75, 3.05) is 0 Å². The van der Waals surface area contributed by atoms with E-state index in [0.29, 0.717) is 0 Å². The Morgan fingerprint density at radius 2 is 0.750 bits per heavy atom. The Bertz CT molecular complexity index is 6.00. The molecule has 0 radical (unpaired) electrons. The summed E-state index contributed by atoms with van der Waals surface area (Å²) in [7, 11) is 0. The maximum absolute atomic E-state index is 0. The van der Waals surface area contributed by atoms with Gasteiger partial charge in [0.25, 0.3) is 0 Å². The monoisotopic (exact) mass is 87.0 g/mol. The third-order valence-electron chi connectivity index (χ3n) is 0. The Kier molecular flexibility index (Phi) is 238. The maximum Gasteiger partial charge on any atom is 2.00 e. The van der Waals surface area contributed by atoms with E-state index in [2.05, 4.69) is 0 Å². The van der Waals surface area contributed by atoms with E-state index in [1.54, 1.807) is 0 Å². The summed E-state index contributed by atoms with van der Waals surface area (Å²) in [6.45, 7) is 0. The van der Waals surface area contributed by atoms with E-state index in [1.807, 2.05) is 0 Å². The summed E-state index contributed by atoms with van der Waals surface area (Å²) in [5.74, 6) is 0. The van der Waals surface area contributed by atoms with Gasteiger partial charge < -0.3 is 0 Å². The Hall–Kier alpha value is 1.72. The zero-order valence-corrected chi connectivity index (χ0v) is 4.73. The van der Waals surface area contributed by atoms with Gasteiger partial charge in [-0.15, -0.1) is 0 Å². The van der Waals surface area contributed by atoms with Crippen LogP contribution < -0.4 is 18.9 Å². The molecule has 0 amide bonds. The summed E-state index contributed by atoms with van der Waals surface area (Å²) in [5.41, 5.74) is 0. The molecule has 4 heteroatoms. The topological polar surface area (TPSA) is 0 Å². The smallest absolute Gasteiger partial charge is 0.269 e. The van der Waals surface area contributed by atoms with Crippen LogP contribution in [0.5, 0.6) is 0 Å². The first-order chi connectivity index (χ1) is 0. The van der Waals surface area contributed by atoms with Gasteiger partial charge in [-0.25, -0.2) is 0 Å². The van der Waals surface area contributed by atoms with Crippen LogP contribution in [-0.4, -0.2) is 37.7 Å². The largest absolute Gasteiger partial charge is 2.00 e. The normalized spacial score (nSPS) is 0. The van der Waals surface area contributed by atoms with Crippen LogP contribution in [0.1, 0.15) is 0 Å². The average Bonchev–Trinajstić information content (AvgIpc) is 0. The van der Waals surface area contributed by atoms with E-state index in [-0.39, 0.29) is 66.0 Å². The Morgan fingerprint density at radius 3 is 0.750 bits per heavy atom. The summed E-state index contributed by atoms with van der Waals surface area (Å²) in [6, 6.07) is 0. The first-order valence-electron chi connectivity index (χ1n) is 0. The van der Waals surface area contributed by atoms with Gasteiger partial charge >= 0.3 is 56.6 Å². The molecule has 0 heterocycles. The number of rotatable bonds is 0. The zero-order chi connectivity index (χ0) is 0. The molecule has 4 heavy (non-hydrogen) atoms. The molecule has 0 aromatic rings. The maximum atomic E-state index is 0. The molecule has 0 fully saturated rings. The van der Waals surface area contributed by atoms with Crippen LogP contribution >= 0.6 is 0 Å². The predicted octanol–water partition coefficient (Wildman–Crippen LogP) is -3.07. The Labute approximate surface area is 65.2 Å². The Balaban J connectivity index is 0. The van der Waals surface area contributed by atoms with E-state index in [9.17, 15) is 0 Å². The molecule has 0 aromatic carbocycles. The molecule has 0 aliphatic heterocycles. The predicted molar refractivity (Wildman–Crippen MR) is 10.8 cm³/mol. The fourth-order valence-electron chi connectivity index (χ4n) is 0. The minimum absolute atomic E-state index is 0. The summed E-state index contributed by atoms with van der Waals surface area (Å²) in [5, 5.41) is 0. The van der Waals surface area contributed by atoms with Crippen molar-refractivity contribution in [1.29, 1.82) is 0 Å². The second kappa shape index (κ2) is 22.1. The molecule has 16 valence electrons. The van der Waals surface area contributed by atoms with Crippen LogP contribution in [0.25, 0.3) is 0 Å². The fraction of sp³-hybridized carbons (Fsp3) is 0. The van der Waals surface area contributed by atoms with Crippen molar-refractivity contribution in [2.24, 2.45) is 0 Å². The van der Waals surface area contributed by atoms with Crippen LogP contribution in [0.3, 0.4) is 0 Å². The summed E-state index contributed by atoms with van der Waals surface area (Å²) >= 11 is 0. The van der Waals surface area contributed by atoms with Crippen LogP contribution in [0.2, 0.25) is 0 Å². The molecule has 0 saturated heterocycles. The molecule has 0 aliphatic rings. The summed E-state index contributed by atoms with van der Waals surface area (Å²) in [4.78, 5) is 0. The van der Waals surface area contributed by atoms with E-state index in [0.717, 1.165) is 0 Å². The molecule has 0 unspecified atom stereocenters. The average molecular weight is 87.0 g/mol. The molecule has 0 rings (SSSR count). The zero-order valence-electron chi connectivity index (χ0n) is 2.52. The van der Waals surface area contributed by atoms with Crippen molar-refractivity contribution < 1.29 is 28.3 Å². The fourth-order valence-corrected chi connectivity index (χ4v) is 0. The van der Waals surface area contributed by atoms with Gasteiger partial charge in [0.05, 0.1) is 0 Å². The van der Waals surface area contributed by atoms with Crippen molar-refractivity contribution in [3.05, 3.63) is 0 Å². The van der Waals surface area contributed by atoms with Gasteiger partial charge in [0.1, 0.15) is 0 Å². The van der Waals surface area contributed by atoms with Crippen LogP contribution in [0.4, 0.5) is 9.41 Å². The molecule has 0 spiro atoms. The first-order valence-corrected chi connectivity index (χ1v) is 0. The van der Waals surface area contributed by atoms with Crippen LogP contribution in [0, 0.1) is 0 Å². The molecule has 0 N–H and O–H groups in total. The minimum Gasteiger partial charge on any atom is -0.269 e. The van der Waals surface area contributed by atoms with Gasteiger partial charge in [-0.05, 0) is 0 Å². The van der Waals surface area contributed by atoms with Crippen LogP contribution in [0.15, 0.2) is 0 Å². The van der Waals surface area contributed by atoms with Gasteiger partial charge in [-0.3, -0.25) is 9.41 Å². The third-order valence-corrected chi connectivity index (χ3v) is 0. The van der Waals surface area contributed by atoms with E-state index >= 15 is 0 Å². The van der Waals surface area contributed by atoms with Gasteiger partial charge in [-0.2, -0.15) is 0 Å². The van der Waals surface area contributed by atoms with Crippen LogP contribution in [-0.2, 0) is 0 Å². The summed E-state index contributed by atoms with van der Waals surface area (Å²) in [6.07, 6.45) is 0. The molecule has 0 aromatic heterocycles. The molecule has 0 saturated carbocycles.